The lowest BCUT2D eigenvalue weighted by atomic mass is 9.98. The molecule has 2 aliphatic heterocycles. The lowest BCUT2D eigenvalue weighted by Gasteiger charge is -2.27. The second-order valence-electron chi connectivity index (χ2n) is 9.26. The molecule has 3 amide bonds. The fourth-order valence-corrected chi connectivity index (χ4v) is 4.62. The molecule has 2 N–H and O–H groups in total. The summed E-state index contributed by atoms with van der Waals surface area (Å²) in [6.45, 7) is 6.39. The first-order valence-electron chi connectivity index (χ1n) is 11.7. The van der Waals surface area contributed by atoms with Gasteiger partial charge >= 0.3 is 6.03 Å². The molecule has 2 saturated heterocycles. The van der Waals surface area contributed by atoms with Gasteiger partial charge in [0.05, 0.1) is 0 Å². The van der Waals surface area contributed by atoms with Crippen molar-refractivity contribution >= 4 is 17.8 Å². The van der Waals surface area contributed by atoms with E-state index in [1.165, 1.54) is 0 Å². The summed E-state index contributed by atoms with van der Waals surface area (Å²) in [6, 6.07) is 10.1. The summed E-state index contributed by atoms with van der Waals surface area (Å²) in [7, 11) is 0. The van der Waals surface area contributed by atoms with E-state index in [0.717, 1.165) is 68.6 Å². The van der Waals surface area contributed by atoms with E-state index in [4.69, 9.17) is 0 Å². The second-order valence-corrected chi connectivity index (χ2v) is 9.26. The van der Waals surface area contributed by atoms with Crippen LogP contribution in [0.15, 0.2) is 36.5 Å². The molecular formula is C25H31N5O2. The molecule has 168 valence electrons. The number of amides is 3. The monoisotopic (exact) mass is 433 g/mol. The van der Waals surface area contributed by atoms with Crippen LogP contribution >= 0.6 is 0 Å². The average Bonchev–Trinajstić information content (AvgIpc) is 3.56. The van der Waals surface area contributed by atoms with Gasteiger partial charge in [0.15, 0.2) is 0 Å². The molecule has 1 aromatic carbocycles. The van der Waals surface area contributed by atoms with E-state index in [2.05, 4.69) is 15.6 Å². The summed E-state index contributed by atoms with van der Waals surface area (Å²) >= 11 is 0. The minimum Gasteiger partial charge on any atom is -0.349 e. The van der Waals surface area contributed by atoms with E-state index >= 15 is 0 Å². The van der Waals surface area contributed by atoms with Crippen LogP contribution in [0.5, 0.6) is 0 Å². The maximum Gasteiger partial charge on any atom is 0.325 e. The van der Waals surface area contributed by atoms with E-state index in [-0.39, 0.29) is 11.9 Å². The van der Waals surface area contributed by atoms with Gasteiger partial charge in [-0.2, -0.15) is 0 Å². The van der Waals surface area contributed by atoms with Crippen molar-refractivity contribution in [1.29, 1.82) is 0 Å². The topological polar surface area (TPSA) is 77.6 Å². The minimum absolute atomic E-state index is 0.0187. The third-order valence-corrected chi connectivity index (χ3v) is 6.78. The molecule has 0 bridgehead atoms. The first-order chi connectivity index (χ1) is 15.6. The van der Waals surface area contributed by atoms with E-state index < -0.39 is 0 Å². The summed E-state index contributed by atoms with van der Waals surface area (Å²) in [5.74, 6) is 1.25. The molecule has 1 saturated carbocycles. The number of rotatable bonds is 6. The van der Waals surface area contributed by atoms with Crippen molar-refractivity contribution in [3.63, 3.8) is 0 Å². The highest BCUT2D eigenvalue weighted by Gasteiger charge is 2.32. The van der Waals surface area contributed by atoms with Crippen molar-refractivity contribution in [3.05, 3.63) is 47.7 Å². The lowest BCUT2D eigenvalue weighted by Crippen LogP contribution is -2.38. The van der Waals surface area contributed by atoms with Crippen molar-refractivity contribution in [3.8, 4) is 11.1 Å². The fraction of sp³-hybridized carbons (Fsp3) is 0.480. The van der Waals surface area contributed by atoms with Crippen LogP contribution in [0.2, 0.25) is 0 Å². The van der Waals surface area contributed by atoms with Gasteiger partial charge in [-0.05, 0) is 87.0 Å². The molecule has 1 aromatic heterocycles. The summed E-state index contributed by atoms with van der Waals surface area (Å²) in [4.78, 5) is 33.8. The Kier molecular flexibility index (Phi) is 5.83. The SMILES string of the molecule is Cc1ccc(C(=O)NC2CC2)cc1-c1ccc(N2CCN(CC3CCNCC3)C2=O)nc1. The highest BCUT2D eigenvalue weighted by atomic mass is 16.2. The Labute approximate surface area is 189 Å². The zero-order chi connectivity index (χ0) is 22.1. The van der Waals surface area contributed by atoms with Crippen LogP contribution in [0.3, 0.4) is 0 Å². The van der Waals surface area contributed by atoms with Gasteiger partial charge in [-0.1, -0.05) is 6.07 Å². The van der Waals surface area contributed by atoms with Gasteiger partial charge in [-0.15, -0.1) is 0 Å². The van der Waals surface area contributed by atoms with Gasteiger partial charge in [0.25, 0.3) is 5.91 Å². The van der Waals surface area contributed by atoms with E-state index in [1.807, 2.05) is 48.4 Å². The predicted octanol–water partition coefficient (Wildman–Crippen LogP) is 3.19. The molecule has 0 spiro atoms. The fourth-order valence-electron chi connectivity index (χ4n) is 4.62. The molecule has 3 heterocycles. The number of pyridine rings is 1. The molecule has 0 radical (unpaired) electrons. The number of nitrogens with zero attached hydrogens (tertiary/aromatic N) is 3. The number of aryl methyl sites for hydroxylation is 1. The van der Waals surface area contributed by atoms with Crippen molar-refractivity contribution in [2.45, 2.75) is 38.6 Å². The van der Waals surface area contributed by atoms with E-state index in [0.29, 0.717) is 29.9 Å². The summed E-state index contributed by atoms with van der Waals surface area (Å²) in [5, 5.41) is 6.43. The highest BCUT2D eigenvalue weighted by Crippen LogP contribution is 2.28. The number of carbonyl (C=O) groups excluding carboxylic acids is 2. The molecule has 1 aliphatic carbocycles. The highest BCUT2D eigenvalue weighted by molar-refractivity contribution is 5.96. The van der Waals surface area contributed by atoms with Gasteiger partial charge in [0.2, 0.25) is 0 Å². The summed E-state index contributed by atoms with van der Waals surface area (Å²) < 4.78 is 0. The van der Waals surface area contributed by atoms with E-state index in [9.17, 15) is 9.59 Å². The molecule has 7 nitrogen and oxygen atoms in total. The number of nitrogens with one attached hydrogen (secondary N) is 2. The van der Waals surface area contributed by atoms with Crippen LogP contribution < -0.4 is 15.5 Å². The lowest BCUT2D eigenvalue weighted by molar-refractivity contribution is 0.0951. The van der Waals surface area contributed by atoms with Gasteiger partial charge < -0.3 is 15.5 Å². The number of hydrogen-bond donors (Lipinski definition) is 2. The van der Waals surface area contributed by atoms with Gasteiger partial charge in [0.1, 0.15) is 5.82 Å². The van der Waals surface area contributed by atoms with Gasteiger partial charge in [-0.3, -0.25) is 9.69 Å². The minimum atomic E-state index is -0.0187. The van der Waals surface area contributed by atoms with Crippen LogP contribution in [0.1, 0.15) is 41.6 Å². The van der Waals surface area contributed by atoms with E-state index in [1.54, 1.807) is 4.90 Å². The number of aromatic nitrogens is 1. The van der Waals surface area contributed by atoms with Crippen molar-refractivity contribution < 1.29 is 9.59 Å². The molecule has 7 heteroatoms. The Morgan fingerprint density at radius 1 is 1.12 bits per heavy atom. The smallest absolute Gasteiger partial charge is 0.325 e. The third kappa shape index (κ3) is 4.48. The zero-order valence-electron chi connectivity index (χ0n) is 18.6. The second kappa shape index (κ2) is 8.90. The van der Waals surface area contributed by atoms with Crippen LogP contribution in [0, 0.1) is 12.8 Å². The standard InChI is InChI=1S/C25H31N5O2/c1-17-2-3-19(24(31)28-21-5-6-21)14-22(17)20-4-7-23(27-15-20)30-13-12-29(25(30)32)16-18-8-10-26-11-9-18/h2-4,7,14-15,18,21,26H,5-6,8-13,16H2,1H3,(H,28,31). The van der Waals surface area contributed by atoms with Gasteiger partial charge in [0, 0.05) is 43.0 Å². The third-order valence-electron chi connectivity index (χ3n) is 6.78. The number of benzene rings is 1. The maximum atomic E-state index is 13.0. The van der Waals surface area contributed by atoms with Crippen molar-refractivity contribution in [1.82, 2.24) is 20.5 Å². The molecule has 3 aliphatic rings. The average molecular weight is 434 g/mol. The molecule has 3 fully saturated rings. The molecule has 2 aromatic rings. The quantitative estimate of drug-likeness (QED) is 0.734. The Balaban J connectivity index is 1.28. The first-order valence-corrected chi connectivity index (χ1v) is 11.7. The predicted molar refractivity (Wildman–Crippen MR) is 125 cm³/mol. The summed E-state index contributed by atoms with van der Waals surface area (Å²) in [6.07, 6.45) is 6.21. The zero-order valence-corrected chi connectivity index (χ0v) is 18.6. The number of anilines is 1. The Morgan fingerprint density at radius 3 is 2.66 bits per heavy atom. The van der Waals surface area contributed by atoms with Crippen LogP contribution in [-0.4, -0.2) is 60.6 Å². The Bertz CT molecular complexity index is 996. The normalized spacial score (nSPS) is 19.5. The number of piperidine rings is 1. The van der Waals surface area contributed by atoms with Gasteiger partial charge in [-0.25, -0.2) is 9.78 Å². The van der Waals surface area contributed by atoms with Crippen molar-refractivity contribution in [2.24, 2.45) is 5.92 Å². The van der Waals surface area contributed by atoms with Crippen LogP contribution in [0.25, 0.3) is 11.1 Å². The molecule has 0 unspecified atom stereocenters. The summed E-state index contributed by atoms with van der Waals surface area (Å²) in [5.41, 5.74) is 3.70. The first kappa shape index (κ1) is 20.9. The largest absolute Gasteiger partial charge is 0.349 e. The molecule has 0 atom stereocenters. The van der Waals surface area contributed by atoms with Crippen LogP contribution in [0.4, 0.5) is 10.6 Å². The number of carbonyl (C=O) groups is 2. The Morgan fingerprint density at radius 2 is 1.94 bits per heavy atom. The number of urea groups is 1. The molecule has 32 heavy (non-hydrogen) atoms. The molecular weight excluding hydrogens is 402 g/mol. The Hall–Kier alpha value is -2.93. The van der Waals surface area contributed by atoms with Crippen LogP contribution in [-0.2, 0) is 0 Å². The number of hydrogen-bond acceptors (Lipinski definition) is 4. The molecule has 5 rings (SSSR count). The van der Waals surface area contributed by atoms with Crippen molar-refractivity contribution in [2.75, 3.05) is 37.6 Å². The maximum absolute atomic E-state index is 13.0.